The summed E-state index contributed by atoms with van der Waals surface area (Å²) in [5.74, 6) is -1.30. The van der Waals surface area contributed by atoms with Crippen molar-refractivity contribution in [2.45, 2.75) is 39.9 Å². The summed E-state index contributed by atoms with van der Waals surface area (Å²) in [5.41, 5.74) is 1.68. The number of methoxy groups -OCH3 is 1. The molecule has 1 N–H and O–H groups in total. The van der Waals surface area contributed by atoms with Gasteiger partial charge in [-0.05, 0) is 33.3 Å². The molecule has 0 saturated carbocycles. The van der Waals surface area contributed by atoms with E-state index < -0.39 is 29.1 Å². The molecule has 192 valence electrons. The lowest BCUT2D eigenvalue weighted by Gasteiger charge is -2.31. The van der Waals surface area contributed by atoms with Crippen LogP contribution in [0, 0.1) is 10.1 Å². The molecule has 1 atom stereocenters. The highest BCUT2D eigenvalue weighted by atomic mass is 32.2. The number of benzene rings is 1. The van der Waals surface area contributed by atoms with Crippen molar-refractivity contribution < 1.29 is 33.5 Å². The molecule has 0 bridgehead atoms. The number of esters is 2. The fourth-order valence-corrected chi connectivity index (χ4v) is 4.70. The molecule has 0 fully saturated rings. The quantitative estimate of drug-likeness (QED) is 0.182. The molecule has 1 unspecified atom stereocenters. The number of nitrogens with one attached hydrogen (secondary N) is 1. The molecule has 1 aliphatic heterocycles. The van der Waals surface area contributed by atoms with E-state index >= 15 is 0 Å². The largest absolute Gasteiger partial charge is 0.466 e. The molecule has 10 nitrogen and oxygen atoms in total. The minimum absolute atomic E-state index is 0.122. The predicted octanol–water partition coefficient (Wildman–Crippen LogP) is 3.68. The third-order valence-corrected chi connectivity index (χ3v) is 6.17. The maximum atomic E-state index is 13.2. The smallest absolute Gasteiger partial charge is 0.336 e. The van der Waals surface area contributed by atoms with Gasteiger partial charge in [-0.15, -0.1) is 0 Å². The van der Waals surface area contributed by atoms with Gasteiger partial charge < -0.3 is 24.3 Å². The number of dihydropyridines is 1. The van der Waals surface area contributed by atoms with Gasteiger partial charge in [0.15, 0.2) is 6.29 Å². The first-order chi connectivity index (χ1) is 16.8. The number of ether oxygens (including phenoxy) is 4. The lowest BCUT2D eigenvalue weighted by atomic mass is 9.80. The number of hydrogen-bond acceptors (Lipinski definition) is 10. The van der Waals surface area contributed by atoms with Crippen molar-refractivity contribution in [2.24, 2.45) is 0 Å². The maximum absolute atomic E-state index is 13.2. The van der Waals surface area contributed by atoms with Gasteiger partial charge in [0.2, 0.25) is 0 Å². The minimum atomic E-state index is -0.909. The summed E-state index contributed by atoms with van der Waals surface area (Å²) in [6, 6.07) is 5.87. The van der Waals surface area contributed by atoms with E-state index in [9.17, 15) is 19.7 Å². The average Bonchev–Trinajstić information content (AvgIpc) is 2.83. The Morgan fingerprint density at radius 1 is 1.11 bits per heavy atom. The highest BCUT2D eigenvalue weighted by molar-refractivity contribution is 7.99. The Hall–Kier alpha value is -2.89. The van der Waals surface area contributed by atoms with Crippen LogP contribution in [0.3, 0.4) is 0 Å². The second-order valence-electron chi connectivity index (χ2n) is 7.41. The van der Waals surface area contributed by atoms with Gasteiger partial charge in [-0.25, -0.2) is 9.59 Å². The van der Waals surface area contributed by atoms with E-state index in [1.165, 1.54) is 37.1 Å². The first-order valence-electron chi connectivity index (χ1n) is 11.3. The van der Waals surface area contributed by atoms with Gasteiger partial charge in [0, 0.05) is 48.2 Å². The number of hydrogen-bond donors (Lipinski definition) is 1. The zero-order chi connectivity index (χ0) is 26.0. The van der Waals surface area contributed by atoms with Crippen LogP contribution in [0.15, 0.2) is 46.8 Å². The fraction of sp³-hybridized carbons (Fsp3) is 0.500. The number of carbonyl (C=O) groups excluding carboxylic acids is 2. The van der Waals surface area contributed by atoms with Gasteiger partial charge in [-0.2, -0.15) is 11.8 Å². The summed E-state index contributed by atoms with van der Waals surface area (Å²) in [6.07, 6.45) is -0.403. The topological polar surface area (TPSA) is 126 Å². The summed E-state index contributed by atoms with van der Waals surface area (Å²) in [7, 11) is 1.24. The lowest BCUT2D eigenvalue weighted by Crippen LogP contribution is -2.34. The van der Waals surface area contributed by atoms with E-state index in [-0.39, 0.29) is 23.4 Å². The summed E-state index contributed by atoms with van der Waals surface area (Å²) in [6.45, 7) is 8.27. The van der Waals surface area contributed by atoms with Crippen molar-refractivity contribution in [1.82, 2.24) is 5.32 Å². The normalized spacial score (nSPS) is 15.8. The van der Waals surface area contributed by atoms with Gasteiger partial charge in [0.05, 0.1) is 35.7 Å². The molecule has 0 aliphatic carbocycles. The van der Waals surface area contributed by atoms with Crippen LogP contribution >= 0.6 is 11.8 Å². The Morgan fingerprint density at radius 3 is 2.37 bits per heavy atom. The molecule has 0 amide bonds. The van der Waals surface area contributed by atoms with Crippen molar-refractivity contribution in [3.8, 4) is 0 Å². The molecule has 0 radical (unpaired) electrons. The molecule has 2 rings (SSSR count). The number of rotatable bonds is 13. The highest BCUT2D eigenvalue weighted by Crippen LogP contribution is 2.40. The van der Waals surface area contributed by atoms with Crippen LogP contribution in [-0.2, 0) is 28.5 Å². The summed E-state index contributed by atoms with van der Waals surface area (Å²) in [4.78, 5) is 36.9. The lowest BCUT2D eigenvalue weighted by molar-refractivity contribution is -0.384. The van der Waals surface area contributed by atoms with Crippen LogP contribution in [0.1, 0.15) is 39.2 Å². The SMILES string of the molecule is CCOC(=O)C1=C(CSCC(OCC)OCC)NC(C)=C(C(=O)OC)C1c1cccc([N+](=O)[O-])c1. The Kier molecular flexibility index (Phi) is 11.2. The highest BCUT2D eigenvalue weighted by Gasteiger charge is 2.39. The first-order valence-corrected chi connectivity index (χ1v) is 12.5. The van der Waals surface area contributed by atoms with E-state index in [4.69, 9.17) is 18.9 Å². The number of allylic oxidation sites excluding steroid dienone is 1. The van der Waals surface area contributed by atoms with Gasteiger partial charge in [0.1, 0.15) is 0 Å². The van der Waals surface area contributed by atoms with E-state index in [1.807, 2.05) is 13.8 Å². The number of nitrogens with zero attached hydrogens (tertiary/aromatic N) is 1. The molecular weight excluding hydrogens is 476 g/mol. The van der Waals surface area contributed by atoms with E-state index in [0.29, 0.717) is 41.7 Å². The molecule has 0 aromatic heterocycles. The second kappa shape index (κ2) is 13.9. The standard InChI is InChI=1S/C24H32N2O8S/c1-6-32-19(33-7-2)14-35-13-18-22(24(28)34-8-3)21(20(15(4)25-18)23(27)31-5)16-10-9-11-17(12-16)26(29)30/h9-12,19,21,25H,6-8,13-14H2,1-5H3. The predicted molar refractivity (Wildman–Crippen MR) is 132 cm³/mol. The summed E-state index contributed by atoms with van der Waals surface area (Å²) < 4.78 is 21.5. The van der Waals surface area contributed by atoms with Crippen LogP contribution in [0.5, 0.6) is 0 Å². The van der Waals surface area contributed by atoms with Crippen molar-refractivity contribution in [2.75, 3.05) is 38.4 Å². The van der Waals surface area contributed by atoms with Gasteiger partial charge in [-0.3, -0.25) is 10.1 Å². The molecule has 1 heterocycles. The Balaban J connectivity index is 2.57. The maximum Gasteiger partial charge on any atom is 0.336 e. The number of non-ortho nitro benzene ring substituents is 1. The van der Waals surface area contributed by atoms with Crippen molar-refractivity contribution >= 4 is 29.4 Å². The number of carbonyl (C=O) groups is 2. The monoisotopic (exact) mass is 508 g/mol. The molecule has 1 aliphatic rings. The molecule has 1 aromatic rings. The van der Waals surface area contributed by atoms with Gasteiger partial charge >= 0.3 is 11.9 Å². The van der Waals surface area contributed by atoms with Crippen LogP contribution in [0.4, 0.5) is 5.69 Å². The van der Waals surface area contributed by atoms with Crippen LogP contribution in [0.2, 0.25) is 0 Å². The Bertz CT molecular complexity index is 985. The van der Waals surface area contributed by atoms with Crippen molar-refractivity contribution in [3.05, 3.63) is 62.5 Å². The van der Waals surface area contributed by atoms with E-state index in [2.05, 4.69) is 5.32 Å². The summed E-state index contributed by atoms with van der Waals surface area (Å²) in [5, 5.41) is 14.6. The molecule has 35 heavy (non-hydrogen) atoms. The molecule has 11 heteroatoms. The van der Waals surface area contributed by atoms with E-state index in [1.54, 1.807) is 19.9 Å². The van der Waals surface area contributed by atoms with Crippen LogP contribution in [0.25, 0.3) is 0 Å². The molecule has 1 aromatic carbocycles. The van der Waals surface area contributed by atoms with Crippen LogP contribution < -0.4 is 5.32 Å². The van der Waals surface area contributed by atoms with Gasteiger partial charge in [-0.1, -0.05) is 12.1 Å². The number of nitro groups is 1. The third-order valence-electron chi connectivity index (χ3n) is 5.17. The summed E-state index contributed by atoms with van der Waals surface area (Å²) >= 11 is 1.48. The zero-order valence-corrected chi connectivity index (χ0v) is 21.4. The molecule has 0 saturated heterocycles. The van der Waals surface area contributed by atoms with Crippen molar-refractivity contribution in [1.29, 1.82) is 0 Å². The number of thioether (sulfide) groups is 1. The average molecular weight is 509 g/mol. The fourth-order valence-electron chi connectivity index (χ4n) is 3.77. The zero-order valence-electron chi connectivity index (χ0n) is 20.6. The Morgan fingerprint density at radius 2 is 1.80 bits per heavy atom. The van der Waals surface area contributed by atoms with Crippen molar-refractivity contribution in [3.63, 3.8) is 0 Å². The van der Waals surface area contributed by atoms with E-state index in [0.717, 1.165) is 0 Å². The van der Waals surface area contributed by atoms with Crippen LogP contribution in [-0.4, -0.2) is 61.6 Å². The molecule has 0 spiro atoms. The second-order valence-corrected chi connectivity index (χ2v) is 8.44. The first kappa shape index (κ1) is 28.3. The Labute approximate surface area is 209 Å². The van der Waals surface area contributed by atoms with Gasteiger partial charge in [0.25, 0.3) is 5.69 Å². The third kappa shape index (κ3) is 7.30. The molecular formula is C24H32N2O8S. The number of nitro benzene ring substituents is 1. The minimum Gasteiger partial charge on any atom is -0.466 e.